The second-order valence-corrected chi connectivity index (χ2v) is 2.14. The lowest BCUT2D eigenvalue weighted by Gasteiger charge is -2.04. The number of alkyl halides is 2. The zero-order valence-electron chi connectivity index (χ0n) is 7.02. The Bertz CT molecular complexity index is 195. The maximum Gasteiger partial charge on any atom is 0.387 e. The minimum absolute atomic E-state index is 0.0526. The Hall–Kier alpha value is -1.12. The zero-order chi connectivity index (χ0) is 9.56. The highest BCUT2D eigenvalue weighted by Gasteiger charge is 2.03. The van der Waals surface area contributed by atoms with Crippen molar-refractivity contribution in [2.75, 3.05) is 0 Å². The van der Waals surface area contributed by atoms with Crippen LogP contribution in [0.3, 0.4) is 0 Å². The van der Waals surface area contributed by atoms with Gasteiger partial charge in [-0.15, -0.1) is 0 Å². The first-order chi connectivity index (χ1) is 5.60. The van der Waals surface area contributed by atoms with Crippen LogP contribution in [0.1, 0.15) is 13.3 Å². The molecule has 0 atom stereocenters. The van der Waals surface area contributed by atoms with Crippen molar-refractivity contribution in [2.24, 2.45) is 0 Å². The SMILES string of the molecule is C=C/C(=C\C(=C)CC)OC(F)F. The average molecular weight is 174 g/mol. The number of halogens is 2. The third-order valence-corrected chi connectivity index (χ3v) is 1.23. The first-order valence-corrected chi connectivity index (χ1v) is 3.56. The third kappa shape index (κ3) is 4.66. The van der Waals surface area contributed by atoms with Crippen LogP contribution >= 0.6 is 0 Å². The molecule has 0 N–H and O–H groups in total. The molecule has 0 bridgehead atoms. The summed E-state index contributed by atoms with van der Waals surface area (Å²) in [4.78, 5) is 0. The maximum absolute atomic E-state index is 11.7. The smallest absolute Gasteiger partial charge is 0.387 e. The molecule has 0 saturated heterocycles. The summed E-state index contributed by atoms with van der Waals surface area (Å²) in [5, 5.41) is 0. The van der Waals surface area contributed by atoms with E-state index >= 15 is 0 Å². The molecule has 0 radical (unpaired) electrons. The van der Waals surface area contributed by atoms with Crippen molar-refractivity contribution in [3.63, 3.8) is 0 Å². The van der Waals surface area contributed by atoms with Gasteiger partial charge in [0.2, 0.25) is 0 Å². The molecule has 0 fully saturated rings. The predicted molar refractivity (Wildman–Crippen MR) is 44.8 cm³/mol. The minimum Gasteiger partial charge on any atom is -0.435 e. The zero-order valence-corrected chi connectivity index (χ0v) is 7.02. The number of hydrogen-bond donors (Lipinski definition) is 0. The molecule has 0 heterocycles. The Morgan fingerprint density at radius 2 is 2.17 bits per heavy atom. The van der Waals surface area contributed by atoms with Crippen LogP contribution in [0.2, 0.25) is 0 Å². The lowest BCUT2D eigenvalue weighted by molar-refractivity contribution is -0.0920. The Balaban J connectivity index is 4.22. The molecule has 0 amide bonds. The van der Waals surface area contributed by atoms with Crippen molar-refractivity contribution in [2.45, 2.75) is 20.0 Å². The first-order valence-electron chi connectivity index (χ1n) is 3.56. The standard InChI is InChI=1S/C9H12F2O/c1-4-7(3)6-8(5-2)12-9(10)11/h5-6,9H,2-4H2,1H3/b8-6+. The number of allylic oxidation sites excluding steroid dienone is 3. The molecule has 0 aromatic rings. The van der Waals surface area contributed by atoms with Gasteiger partial charge in [-0.3, -0.25) is 0 Å². The highest BCUT2D eigenvalue weighted by atomic mass is 19.3. The summed E-state index contributed by atoms with van der Waals surface area (Å²) in [5.74, 6) is 0.0526. The molecule has 0 aliphatic carbocycles. The molecular formula is C9H12F2O. The third-order valence-electron chi connectivity index (χ3n) is 1.23. The van der Waals surface area contributed by atoms with Crippen LogP contribution in [-0.2, 0) is 4.74 Å². The average Bonchev–Trinajstić information content (AvgIpc) is 2.02. The van der Waals surface area contributed by atoms with Gasteiger partial charge in [0.1, 0.15) is 5.76 Å². The number of rotatable bonds is 5. The van der Waals surface area contributed by atoms with E-state index in [1.54, 1.807) is 0 Å². The van der Waals surface area contributed by atoms with E-state index in [1.807, 2.05) is 6.92 Å². The van der Waals surface area contributed by atoms with Crippen molar-refractivity contribution in [3.05, 3.63) is 36.6 Å². The largest absolute Gasteiger partial charge is 0.435 e. The van der Waals surface area contributed by atoms with Gasteiger partial charge in [-0.25, -0.2) is 0 Å². The van der Waals surface area contributed by atoms with Crippen LogP contribution in [0.5, 0.6) is 0 Å². The van der Waals surface area contributed by atoms with E-state index in [4.69, 9.17) is 0 Å². The lowest BCUT2D eigenvalue weighted by Crippen LogP contribution is -1.97. The van der Waals surface area contributed by atoms with Gasteiger partial charge in [0.15, 0.2) is 0 Å². The van der Waals surface area contributed by atoms with E-state index in [0.717, 1.165) is 5.57 Å². The van der Waals surface area contributed by atoms with Crippen molar-refractivity contribution < 1.29 is 13.5 Å². The minimum atomic E-state index is -2.81. The van der Waals surface area contributed by atoms with Gasteiger partial charge in [-0.05, 0) is 18.6 Å². The highest BCUT2D eigenvalue weighted by molar-refractivity contribution is 5.22. The van der Waals surface area contributed by atoms with E-state index in [9.17, 15) is 8.78 Å². The van der Waals surface area contributed by atoms with Crippen molar-refractivity contribution in [1.29, 1.82) is 0 Å². The summed E-state index contributed by atoms with van der Waals surface area (Å²) in [7, 11) is 0. The molecule has 0 unspecified atom stereocenters. The fourth-order valence-corrected chi connectivity index (χ4v) is 0.547. The maximum atomic E-state index is 11.7. The normalized spacial score (nSPS) is 11.5. The second kappa shape index (κ2) is 5.52. The van der Waals surface area contributed by atoms with E-state index in [0.29, 0.717) is 6.42 Å². The lowest BCUT2D eigenvalue weighted by atomic mass is 10.2. The molecule has 0 saturated carbocycles. The van der Waals surface area contributed by atoms with Crippen molar-refractivity contribution >= 4 is 0 Å². The van der Waals surface area contributed by atoms with Crippen LogP contribution in [-0.4, -0.2) is 6.61 Å². The van der Waals surface area contributed by atoms with Gasteiger partial charge in [0.05, 0.1) is 0 Å². The van der Waals surface area contributed by atoms with Crippen LogP contribution in [0.25, 0.3) is 0 Å². The summed E-state index contributed by atoms with van der Waals surface area (Å²) in [6.45, 7) is 6.02. The van der Waals surface area contributed by atoms with E-state index in [-0.39, 0.29) is 5.76 Å². The molecular weight excluding hydrogens is 162 g/mol. The number of hydrogen-bond acceptors (Lipinski definition) is 1. The molecule has 0 aliphatic rings. The summed E-state index contributed by atoms with van der Waals surface area (Å²) in [6, 6.07) is 0. The van der Waals surface area contributed by atoms with Gasteiger partial charge < -0.3 is 4.74 Å². The summed E-state index contributed by atoms with van der Waals surface area (Å²) in [6.07, 6.45) is 3.37. The van der Waals surface area contributed by atoms with Crippen LogP contribution < -0.4 is 0 Å². The van der Waals surface area contributed by atoms with Gasteiger partial charge in [-0.1, -0.05) is 25.7 Å². The Morgan fingerprint density at radius 3 is 2.50 bits per heavy atom. The molecule has 0 spiro atoms. The molecule has 0 aliphatic heterocycles. The monoisotopic (exact) mass is 174 g/mol. The second-order valence-electron chi connectivity index (χ2n) is 2.14. The first kappa shape index (κ1) is 10.9. The molecule has 0 aromatic heterocycles. The molecule has 3 heteroatoms. The molecule has 1 nitrogen and oxygen atoms in total. The van der Waals surface area contributed by atoms with Crippen molar-refractivity contribution in [3.8, 4) is 0 Å². The van der Waals surface area contributed by atoms with E-state index in [1.165, 1.54) is 12.2 Å². The van der Waals surface area contributed by atoms with Crippen molar-refractivity contribution in [1.82, 2.24) is 0 Å². The van der Waals surface area contributed by atoms with Crippen LogP contribution in [0, 0.1) is 0 Å². The Kier molecular flexibility index (Phi) is 5.00. The highest BCUT2D eigenvalue weighted by Crippen LogP contribution is 2.10. The molecule has 0 aromatic carbocycles. The Labute approximate surface area is 71.0 Å². The molecule has 12 heavy (non-hydrogen) atoms. The van der Waals surface area contributed by atoms with Gasteiger partial charge in [0.25, 0.3) is 0 Å². The van der Waals surface area contributed by atoms with Crippen LogP contribution in [0.15, 0.2) is 36.6 Å². The van der Waals surface area contributed by atoms with E-state index in [2.05, 4.69) is 17.9 Å². The summed E-state index contributed by atoms with van der Waals surface area (Å²) in [5.41, 5.74) is 0.727. The fourth-order valence-electron chi connectivity index (χ4n) is 0.547. The van der Waals surface area contributed by atoms with E-state index < -0.39 is 6.61 Å². The van der Waals surface area contributed by atoms with Gasteiger partial charge in [-0.2, -0.15) is 8.78 Å². The fraction of sp³-hybridized carbons (Fsp3) is 0.333. The molecule has 68 valence electrons. The summed E-state index contributed by atoms with van der Waals surface area (Å²) >= 11 is 0. The van der Waals surface area contributed by atoms with Crippen LogP contribution in [0.4, 0.5) is 8.78 Å². The predicted octanol–water partition coefficient (Wildman–Crippen LogP) is 3.26. The quantitative estimate of drug-likeness (QED) is 0.459. The Morgan fingerprint density at radius 1 is 1.58 bits per heavy atom. The molecule has 0 rings (SSSR count). The number of ether oxygens (including phenoxy) is 1. The van der Waals surface area contributed by atoms with Gasteiger partial charge >= 0.3 is 6.61 Å². The van der Waals surface area contributed by atoms with Gasteiger partial charge in [0, 0.05) is 0 Å². The topological polar surface area (TPSA) is 9.23 Å². The summed E-state index contributed by atoms with van der Waals surface area (Å²) < 4.78 is 27.5.